The van der Waals surface area contributed by atoms with E-state index >= 15 is 0 Å². The first kappa shape index (κ1) is 25.4. The molecule has 0 spiro atoms. The zero-order chi connectivity index (χ0) is 29.0. The Balaban J connectivity index is 1.36. The molecule has 0 fully saturated rings. The number of nitrogens with zero attached hydrogens (tertiary/aromatic N) is 2. The van der Waals surface area contributed by atoms with Gasteiger partial charge in [0.25, 0.3) is 0 Å². The van der Waals surface area contributed by atoms with E-state index in [4.69, 9.17) is 9.97 Å². The summed E-state index contributed by atoms with van der Waals surface area (Å²) in [5.41, 5.74) is 12.9. The van der Waals surface area contributed by atoms with Crippen LogP contribution in [-0.2, 0) is 5.41 Å². The molecule has 43 heavy (non-hydrogen) atoms. The van der Waals surface area contributed by atoms with Crippen molar-refractivity contribution in [1.82, 2.24) is 9.97 Å². The highest BCUT2D eigenvalue weighted by Gasteiger charge is 2.36. The molecule has 1 heterocycles. The van der Waals surface area contributed by atoms with Crippen LogP contribution in [-0.4, -0.2) is 9.97 Å². The van der Waals surface area contributed by atoms with Crippen LogP contribution in [0.25, 0.3) is 66.9 Å². The smallest absolute Gasteiger partial charge is 0.160 e. The molecule has 1 aliphatic rings. The maximum Gasteiger partial charge on any atom is 0.160 e. The minimum atomic E-state index is -0.0414. The fraction of sp³-hybridized carbons (Fsp3) is 0.0732. The van der Waals surface area contributed by atoms with E-state index in [0.29, 0.717) is 0 Å². The molecule has 6 aromatic carbocycles. The number of aromatic nitrogens is 2. The summed E-state index contributed by atoms with van der Waals surface area (Å²) in [6.07, 6.45) is 0. The normalized spacial score (nSPS) is 13.1. The largest absolute Gasteiger partial charge is 0.228 e. The van der Waals surface area contributed by atoms with Gasteiger partial charge < -0.3 is 0 Å². The molecule has 0 amide bonds. The lowest BCUT2D eigenvalue weighted by atomic mass is 9.81. The average Bonchev–Trinajstić information content (AvgIpc) is 3.31. The molecular formula is C41H30N2. The summed E-state index contributed by atoms with van der Waals surface area (Å²) in [5, 5.41) is 2.40. The van der Waals surface area contributed by atoms with Crippen molar-refractivity contribution >= 4 is 10.8 Å². The summed E-state index contributed by atoms with van der Waals surface area (Å²) >= 11 is 0. The second-order valence-corrected chi connectivity index (χ2v) is 11.8. The Hall–Kier alpha value is -5.34. The van der Waals surface area contributed by atoms with Crippen LogP contribution in [0.3, 0.4) is 0 Å². The predicted molar refractivity (Wildman–Crippen MR) is 179 cm³/mol. The molecule has 0 N–H and O–H groups in total. The van der Waals surface area contributed by atoms with Crippen molar-refractivity contribution in [2.24, 2.45) is 0 Å². The summed E-state index contributed by atoms with van der Waals surface area (Å²) in [6.45, 7) is 4.68. The van der Waals surface area contributed by atoms with Gasteiger partial charge in [-0.1, -0.05) is 153 Å². The second-order valence-electron chi connectivity index (χ2n) is 11.8. The SMILES string of the molecule is CC1(C)c2ccccc2-c2c(-c3ccc(-c4cc(-c5ccccc5)nc(-c5ccccc5)n4)c4ccccc34)cccc21. The quantitative estimate of drug-likeness (QED) is 0.218. The number of hydrogen-bond acceptors (Lipinski definition) is 2. The minimum Gasteiger partial charge on any atom is -0.228 e. The van der Waals surface area contributed by atoms with Crippen LogP contribution in [0.4, 0.5) is 0 Å². The number of hydrogen-bond donors (Lipinski definition) is 0. The number of benzene rings is 6. The fourth-order valence-corrected chi connectivity index (χ4v) is 6.79. The summed E-state index contributed by atoms with van der Waals surface area (Å²) in [7, 11) is 0. The van der Waals surface area contributed by atoms with E-state index in [1.54, 1.807) is 0 Å². The average molecular weight is 551 g/mol. The van der Waals surface area contributed by atoms with Crippen LogP contribution in [0.15, 0.2) is 146 Å². The van der Waals surface area contributed by atoms with Gasteiger partial charge in [-0.15, -0.1) is 0 Å². The standard InChI is InChI=1S/C41H30N2/c1-41(2)35-22-12-11-20-34(35)39-33(21-13-23-36(39)41)31-24-25-32(30-19-10-9-18-29(30)31)38-26-37(27-14-5-3-6-15-27)42-40(43-38)28-16-7-4-8-17-28/h3-26H,1-2H3. The van der Waals surface area contributed by atoms with Crippen molar-refractivity contribution in [3.63, 3.8) is 0 Å². The molecule has 1 aromatic heterocycles. The zero-order valence-corrected chi connectivity index (χ0v) is 24.3. The Labute approximate surface area is 252 Å². The van der Waals surface area contributed by atoms with Gasteiger partial charge in [-0.25, -0.2) is 9.97 Å². The zero-order valence-electron chi connectivity index (χ0n) is 24.3. The van der Waals surface area contributed by atoms with Crippen LogP contribution >= 0.6 is 0 Å². The molecular weight excluding hydrogens is 520 g/mol. The molecule has 0 saturated heterocycles. The third kappa shape index (κ3) is 4.10. The van der Waals surface area contributed by atoms with Crippen LogP contribution in [0.5, 0.6) is 0 Å². The molecule has 0 saturated carbocycles. The Bertz CT molecular complexity index is 2090. The van der Waals surface area contributed by atoms with E-state index in [1.807, 2.05) is 24.3 Å². The first-order valence-electron chi connectivity index (χ1n) is 14.9. The van der Waals surface area contributed by atoms with E-state index in [1.165, 1.54) is 44.2 Å². The first-order chi connectivity index (χ1) is 21.1. The molecule has 0 unspecified atom stereocenters. The van der Waals surface area contributed by atoms with E-state index in [-0.39, 0.29) is 5.41 Å². The summed E-state index contributed by atoms with van der Waals surface area (Å²) in [4.78, 5) is 10.2. The van der Waals surface area contributed by atoms with Crippen molar-refractivity contribution in [1.29, 1.82) is 0 Å². The number of fused-ring (bicyclic) bond motifs is 4. The van der Waals surface area contributed by atoms with E-state index in [2.05, 4.69) is 135 Å². The van der Waals surface area contributed by atoms with Gasteiger partial charge in [0.2, 0.25) is 0 Å². The molecule has 2 heteroatoms. The molecule has 1 aliphatic carbocycles. The summed E-state index contributed by atoms with van der Waals surface area (Å²) in [6, 6.07) is 51.7. The third-order valence-electron chi connectivity index (χ3n) is 8.93. The van der Waals surface area contributed by atoms with Gasteiger partial charge in [-0.3, -0.25) is 0 Å². The highest BCUT2D eigenvalue weighted by atomic mass is 14.9. The monoisotopic (exact) mass is 550 g/mol. The van der Waals surface area contributed by atoms with Gasteiger partial charge in [-0.05, 0) is 50.2 Å². The topological polar surface area (TPSA) is 25.8 Å². The molecule has 8 rings (SSSR count). The van der Waals surface area contributed by atoms with E-state index in [0.717, 1.165) is 33.9 Å². The van der Waals surface area contributed by atoms with Crippen molar-refractivity contribution in [2.75, 3.05) is 0 Å². The van der Waals surface area contributed by atoms with Crippen molar-refractivity contribution in [2.45, 2.75) is 19.3 Å². The second kappa shape index (κ2) is 9.89. The summed E-state index contributed by atoms with van der Waals surface area (Å²) in [5.74, 6) is 0.727. The summed E-state index contributed by atoms with van der Waals surface area (Å²) < 4.78 is 0. The Morgan fingerprint density at radius 3 is 1.74 bits per heavy atom. The van der Waals surface area contributed by atoms with E-state index in [9.17, 15) is 0 Å². The Morgan fingerprint density at radius 2 is 0.977 bits per heavy atom. The lowest BCUT2D eigenvalue weighted by Gasteiger charge is -2.22. The molecule has 0 radical (unpaired) electrons. The highest BCUT2D eigenvalue weighted by molar-refractivity contribution is 6.07. The lowest BCUT2D eigenvalue weighted by Crippen LogP contribution is -2.14. The Kier molecular flexibility index (Phi) is 5.84. The van der Waals surface area contributed by atoms with Crippen LogP contribution in [0.1, 0.15) is 25.0 Å². The van der Waals surface area contributed by atoms with Gasteiger partial charge in [0, 0.05) is 22.1 Å². The van der Waals surface area contributed by atoms with Crippen molar-refractivity contribution in [3.05, 3.63) is 157 Å². The van der Waals surface area contributed by atoms with Crippen LogP contribution in [0.2, 0.25) is 0 Å². The molecule has 204 valence electrons. The lowest BCUT2D eigenvalue weighted by molar-refractivity contribution is 0.660. The van der Waals surface area contributed by atoms with Crippen LogP contribution in [0, 0.1) is 0 Å². The van der Waals surface area contributed by atoms with Gasteiger partial charge in [0.05, 0.1) is 11.4 Å². The predicted octanol–water partition coefficient (Wildman–Crippen LogP) is 10.6. The van der Waals surface area contributed by atoms with Gasteiger partial charge in [0.1, 0.15) is 0 Å². The van der Waals surface area contributed by atoms with Crippen molar-refractivity contribution < 1.29 is 0 Å². The van der Waals surface area contributed by atoms with Gasteiger partial charge >= 0.3 is 0 Å². The third-order valence-corrected chi connectivity index (χ3v) is 8.93. The highest BCUT2D eigenvalue weighted by Crippen LogP contribution is 2.52. The fourth-order valence-electron chi connectivity index (χ4n) is 6.79. The van der Waals surface area contributed by atoms with Crippen molar-refractivity contribution in [3.8, 4) is 56.2 Å². The molecule has 0 atom stereocenters. The Morgan fingerprint density at radius 1 is 0.419 bits per heavy atom. The van der Waals surface area contributed by atoms with Gasteiger partial charge in [-0.2, -0.15) is 0 Å². The van der Waals surface area contributed by atoms with E-state index < -0.39 is 0 Å². The maximum absolute atomic E-state index is 5.15. The first-order valence-corrected chi connectivity index (χ1v) is 14.9. The minimum absolute atomic E-state index is 0.0414. The van der Waals surface area contributed by atoms with Gasteiger partial charge in [0.15, 0.2) is 5.82 Å². The molecule has 7 aromatic rings. The van der Waals surface area contributed by atoms with Crippen LogP contribution < -0.4 is 0 Å². The molecule has 0 aliphatic heterocycles. The molecule has 2 nitrogen and oxygen atoms in total. The maximum atomic E-state index is 5.15. The molecule has 0 bridgehead atoms. The number of rotatable bonds is 4.